The van der Waals surface area contributed by atoms with E-state index in [-0.39, 0.29) is 17.6 Å². The van der Waals surface area contributed by atoms with E-state index in [0.29, 0.717) is 17.8 Å². The maximum absolute atomic E-state index is 12.0. The highest BCUT2D eigenvalue weighted by Crippen LogP contribution is 2.20. The first kappa shape index (κ1) is 18.5. The van der Waals surface area contributed by atoms with Crippen molar-refractivity contribution in [3.8, 4) is 5.75 Å². The van der Waals surface area contributed by atoms with E-state index < -0.39 is 0 Å². The molecule has 3 N–H and O–H groups in total. The molecular formula is C20H24N2O3. The van der Waals surface area contributed by atoms with Crippen molar-refractivity contribution in [2.24, 2.45) is 0 Å². The zero-order valence-electron chi connectivity index (χ0n) is 14.8. The highest BCUT2D eigenvalue weighted by atomic mass is 16.3. The Labute approximate surface area is 148 Å². The van der Waals surface area contributed by atoms with Crippen LogP contribution >= 0.6 is 0 Å². The van der Waals surface area contributed by atoms with Crippen LogP contribution in [0.5, 0.6) is 5.75 Å². The van der Waals surface area contributed by atoms with Crippen molar-refractivity contribution in [2.45, 2.75) is 40.2 Å². The van der Waals surface area contributed by atoms with Gasteiger partial charge in [0, 0.05) is 17.8 Å². The third-order valence-corrected chi connectivity index (χ3v) is 3.98. The molecule has 0 spiro atoms. The van der Waals surface area contributed by atoms with Crippen molar-refractivity contribution in [3.05, 3.63) is 58.7 Å². The number of Topliss-reactive ketones (excluding diaryl/α,β-unsaturated/α-hetero) is 1. The fraction of sp³-hybridized carbons (Fsp3) is 0.300. The number of phenolic OH excluding ortho intramolecular Hbond substituents is 1. The van der Waals surface area contributed by atoms with Crippen molar-refractivity contribution in [1.29, 1.82) is 0 Å². The summed E-state index contributed by atoms with van der Waals surface area (Å²) >= 11 is 0. The smallest absolute Gasteiger partial charge is 0.319 e. The van der Waals surface area contributed by atoms with Crippen LogP contribution in [0.1, 0.15) is 47.3 Å². The summed E-state index contributed by atoms with van der Waals surface area (Å²) in [7, 11) is 0. The van der Waals surface area contributed by atoms with Gasteiger partial charge in [-0.05, 0) is 55.2 Å². The van der Waals surface area contributed by atoms with E-state index >= 15 is 0 Å². The lowest BCUT2D eigenvalue weighted by Crippen LogP contribution is -2.28. The maximum Gasteiger partial charge on any atom is 0.319 e. The van der Waals surface area contributed by atoms with Crippen LogP contribution in [0.2, 0.25) is 0 Å². The van der Waals surface area contributed by atoms with E-state index in [1.807, 2.05) is 18.2 Å². The minimum atomic E-state index is -0.322. The summed E-state index contributed by atoms with van der Waals surface area (Å²) < 4.78 is 0. The number of carbonyl (C=O) groups excluding carboxylic acids is 2. The molecule has 5 nitrogen and oxygen atoms in total. The van der Waals surface area contributed by atoms with Crippen molar-refractivity contribution < 1.29 is 14.7 Å². The van der Waals surface area contributed by atoms with Crippen LogP contribution in [0.25, 0.3) is 0 Å². The Balaban J connectivity index is 2.00. The van der Waals surface area contributed by atoms with Gasteiger partial charge in [0.1, 0.15) is 5.75 Å². The summed E-state index contributed by atoms with van der Waals surface area (Å²) in [5.74, 6) is 0.253. The molecule has 0 atom stereocenters. The summed E-state index contributed by atoms with van der Waals surface area (Å²) in [6.07, 6.45) is 1.79. The third kappa shape index (κ3) is 5.08. The van der Waals surface area contributed by atoms with E-state index in [2.05, 4.69) is 17.6 Å². The van der Waals surface area contributed by atoms with Crippen LogP contribution in [0.3, 0.4) is 0 Å². The minimum Gasteiger partial charge on any atom is -0.508 e. The Bertz CT molecular complexity index is 785. The second-order valence-electron chi connectivity index (χ2n) is 6.11. The molecule has 132 valence electrons. The van der Waals surface area contributed by atoms with Gasteiger partial charge < -0.3 is 15.7 Å². The van der Waals surface area contributed by atoms with Crippen molar-refractivity contribution in [3.63, 3.8) is 0 Å². The molecule has 2 aromatic carbocycles. The van der Waals surface area contributed by atoms with Crippen molar-refractivity contribution in [2.75, 3.05) is 5.32 Å². The lowest BCUT2D eigenvalue weighted by atomic mass is 9.98. The van der Waals surface area contributed by atoms with E-state index in [1.165, 1.54) is 0 Å². The number of hydrogen-bond acceptors (Lipinski definition) is 3. The first-order valence-corrected chi connectivity index (χ1v) is 8.38. The lowest BCUT2D eigenvalue weighted by Gasteiger charge is -2.11. The monoisotopic (exact) mass is 340 g/mol. The van der Waals surface area contributed by atoms with Gasteiger partial charge in [0.25, 0.3) is 0 Å². The average molecular weight is 340 g/mol. The van der Waals surface area contributed by atoms with E-state index in [9.17, 15) is 14.7 Å². The third-order valence-electron chi connectivity index (χ3n) is 3.98. The molecular weight excluding hydrogens is 316 g/mol. The minimum absolute atomic E-state index is 0.0587. The number of hydrogen-bond donors (Lipinski definition) is 3. The van der Waals surface area contributed by atoms with Gasteiger partial charge in [0.2, 0.25) is 0 Å². The number of nitrogens with one attached hydrogen (secondary N) is 2. The largest absolute Gasteiger partial charge is 0.508 e. The van der Waals surface area contributed by atoms with Gasteiger partial charge in [0.05, 0.1) is 0 Å². The Morgan fingerprint density at radius 2 is 1.88 bits per heavy atom. The van der Waals surface area contributed by atoms with Crippen LogP contribution in [0.4, 0.5) is 10.5 Å². The molecule has 0 aliphatic heterocycles. The van der Waals surface area contributed by atoms with Gasteiger partial charge >= 0.3 is 6.03 Å². The molecule has 0 heterocycles. The fourth-order valence-electron chi connectivity index (χ4n) is 2.67. The predicted molar refractivity (Wildman–Crippen MR) is 99.1 cm³/mol. The first-order valence-electron chi connectivity index (χ1n) is 8.38. The number of ketones is 1. The van der Waals surface area contributed by atoms with Crippen molar-refractivity contribution >= 4 is 17.5 Å². The molecule has 0 unspecified atom stereocenters. The van der Waals surface area contributed by atoms with Crippen LogP contribution < -0.4 is 10.6 Å². The highest BCUT2D eigenvalue weighted by molar-refractivity contribution is 5.95. The Hall–Kier alpha value is -2.82. The van der Waals surface area contributed by atoms with Crippen LogP contribution in [0, 0.1) is 6.92 Å². The second-order valence-corrected chi connectivity index (χ2v) is 6.11. The molecule has 0 aromatic heterocycles. The van der Waals surface area contributed by atoms with Crippen LogP contribution in [-0.2, 0) is 13.0 Å². The quantitative estimate of drug-likeness (QED) is 0.545. The number of amides is 2. The van der Waals surface area contributed by atoms with E-state index in [4.69, 9.17) is 0 Å². The van der Waals surface area contributed by atoms with Gasteiger partial charge in [-0.15, -0.1) is 0 Å². The molecule has 0 aliphatic rings. The molecule has 0 bridgehead atoms. The molecule has 2 amide bonds. The Morgan fingerprint density at radius 3 is 2.52 bits per heavy atom. The fourth-order valence-corrected chi connectivity index (χ4v) is 2.67. The Kier molecular flexibility index (Phi) is 6.17. The topological polar surface area (TPSA) is 78.4 Å². The Morgan fingerprint density at radius 1 is 1.12 bits per heavy atom. The zero-order chi connectivity index (χ0) is 18.4. The number of phenols is 1. The number of rotatable bonds is 6. The number of benzene rings is 2. The molecule has 0 radical (unpaired) electrons. The predicted octanol–water partition coefficient (Wildman–Crippen LogP) is 4.18. The molecule has 0 aliphatic carbocycles. The number of aryl methyl sites for hydroxylation is 2. The van der Waals surface area contributed by atoms with Gasteiger partial charge in [-0.3, -0.25) is 4.79 Å². The molecule has 25 heavy (non-hydrogen) atoms. The maximum atomic E-state index is 12.0. The number of carbonyl (C=O) groups is 2. The summed E-state index contributed by atoms with van der Waals surface area (Å²) in [4.78, 5) is 23.7. The van der Waals surface area contributed by atoms with Gasteiger partial charge in [-0.2, -0.15) is 0 Å². The summed E-state index contributed by atoms with van der Waals surface area (Å²) in [6.45, 7) is 5.78. The van der Waals surface area contributed by atoms with Crippen LogP contribution in [-0.4, -0.2) is 16.9 Å². The number of urea groups is 1. The van der Waals surface area contributed by atoms with Gasteiger partial charge in [-0.1, -0.05) is 31.5 Å². The highest BCUT2D eigenvalue weighted by Gasteiger charge is 2.09. The van der Waals surface area contributed by atoms with Gasteiger partial charge in [0.15, 0.2) is 5.78 Å². The second kappa shape index (κ2) is 8.33. The van der Waals surface area contributed by atoms with E-state index in [0.717, 1.165) is 29.5 Å². The van der Waals surface area contributed by atoms with Crippen molar-refractivity contribution in [1.82, 2.24) is 5.32 Å². The average Bonchev–Trinajstić information content (AvgIpc) is 2.56. The summed E-state index contributed by atoms with van der Waals surface area (Å²) in [6, 6.07) is 10.2. The SMILES string of the molecule is CCCc1cc(CNC(=O)Nc2ccc(O)c(C)c2)ccc1C(C)=O. The zero-order valence-corrected chi connectivity index (χ0v) is 14.8. The molecule has 2 rings (SSSR count). The number of aromatic hydroxyl groups is 1. The molecule has 5 heteroatoms. The molecule has 0 saturated heterocycles. The molecule has 2 aromatic rings. The standard InChI is InChI=1S/C20H24N2O3/c1-4-5-16-11-15(6-8-18(16)14(3)23)12-21-20(25)22-17-7-9-19(24)13(2)10-17/h6-11,24H,4-5,12H2,1-3H3,(H2,21,22,25). The summed E-state index contributed by atoms with van der Waals surface area (Å²) in [5.41, 5.74) is 4.03. The van der Waals surface area contributed by atoms with E-state index in [1.54, 1.807) is 32.0 Å². The molecule has 0 saturated carbocycles. The van der Waals surface area contributed by atoms with Crippen LogP contribution in [0.15, 0.2) is 36.4 Å². The van der Waals surface area contributed by atoms with Gasteiger partial charge in [-0.25, -0.2) is 4.79 Å². The normalized spacial score (nSPS) is 10.4. The summed E-state index contributed by atoms with van der Waals surface area (Å²) in [5, 5.41) is 15.0. The molecule has 0 fully saturated rings. The lowest BCUT2D eigenvalue weighted by molar-refractivity contribution is 0.101. The number of anilines is 1. The first-order chi connectivity index (χ1) is 11.9.